The number of hydrogen-bond donors (Lipinski definition) is 7. The zero-order valence-corrected chi connectivity index (χ0v) is 11.9. The van der Waals surface area contributed by atoms with E-state index in [0.717, 1.165) is 0 Å². The maximum absolute atomic E-state index is 9.80. The molecule has 0 aromatic carbocycles. The van der Waals surface area contributed by atoms with Gasteiger partial charge in [0.1, 0.15) is 36.6 Å². The summed E-state index contributed by atoms with van der Waals surface area (Å²) in [6.45, 7) is 1.95. The molecule has 1 aliphatic rings. The van der Waals surface area contributed by atoms with Gasteiger partial charge in [-0.3, -0.25) is 0 Å². The van der Waals surface area contributed by atoms with Crippen molar-refractivity contribution < 1.29 is 45.2 Å². The maximum atomic E-state index is 9.80. The third-order valence-corrected chi connectivity index (χ3v) is 3.50. The molecule has 1 saturated heterocycles. The summed E-state index contributed by atoms with van der Waals surface area (Å²) in [6.07, 6.45) is -12.6. The van der Waals surface area contributed by atoms with Crippen molar-refractivity contribution in [3.63, 3.8) is 0 Å². The molecule has 0 saturated carbocycles. The third kappa shape index (κ3) is 4.31. The van der Waals surface area contributed by atoms with Crippen molar-refractivity contribution in [3.05, 3.63) is 0 Å². The van der Waals surface area contributed by atoms with Gasteiger partial charge in [0.05, 0.1) is 18.8 Å². The molecule has 0 bridgehead atoms. The van der Waals surface area contributed by atoms with Crippen molar-refractivity contribution in [3.8, 4) is 0 Å². The smallest absolute Gasteiger partial charge is 0.187 e. The SMILES string of the molecule is CC(O)C(O)C(O[C@@H]1O[C@H](C)[C@H](O)[C@H](O)[C@H]1O)C(O)CO. The van der Waals surface area contributed by atoms with Gasteiger partial charge in [-0.2, -0.15) is 0 Å². The molecule has 1 fully saturated rings. The molecule has 4 unspecified atom stereocenters. The van der Waals surface area contributed by atoms with Crippen LogP contribution in [0.4, 0.5) is 0 Å². The third-order valence-electron chi connectivity index (χ3n) is 3.50. The topological polar surface area (TPSA) is 160 Å². The Morgan fingerprint density at radius 2 is 1.62 bits per heavy atom. The van der Waals surface area contributed by atoms with Crippen molar-refractivity contribution >= 4 is 0 Å². The van der Waals surface area contributed by atoms with E-state index in [0.29, 0.717) is 0 Å². The molecule has 1 rings (SSSR count). The summed E-state index contributed by atoms with van der Waals surface area (Å²) >= 11 is 0. The highest BCUT2D eigenvalue weighted by Gasteiger charge is 2.45. The quantitative estimate of drug-likeness (QED) is 0.262. The van der Waals surface area contributed by atoms with E-state index in [9.17, 15) is 30.6 Å². The second kappa shape index (κ2) is 7.77. The molecular formula is C12H24O9. The number of aliphatic hydroxyl groups excluding tert-OH is 7. The van der Waals surface area contributed by atoms with Crippen molar-refractivity contribution in [2.75, 3.05) is 6.61 Å². The van der Waals surface area contributed by atoms with Gasteiger partial charge in [-0.1, -0.05) is 0 Å². The first-order valence-electron chi connectivity index (χ1n) is 6.70. The van der Waals surface area contributed by atoms with Crippen LogP contribution < -0.4 is 0 Å². The lowest BCUT2D eigenvalue weighted by Crippen LogP contribution is -2.60. The molecule has 0 aromatic rings. The summed E-state index contributed by atoms with van der Waals surface area (Å²) < 4.78 is 10.4. The standard InChI is InChI=1S/C12H24O9/c1-4(14)7(16)11(6(15)3-13)21-12-10(19)9(18)8(17)5(2)20-12/h4-19H,3H2,1-2H3/t4?,5-,6?,7?,8+,9+,10-,11?,12+/m1/s1. The van der Waals surface area contributed by atoms with Gasteiger partial charge in [-0.15, -0.1) is 0 Å². The Morgan fingerprint density at radius 3 is 2.10 bits per heavy atom. The van der Waals surface area contributed by atoms with Crippen LogP contribution in [0.15, 0.2) is 0 Å². The lowest BCUT2D eigenvalue weighted by atomic mass is 9.99. The Labute approximate surface area is 122 Å². The minimum atomic E-state index is -1.62. The first-order chi connectivity index (χ1) is 9.70. The van der Waals surface area contributed by atoms with Crippen molar-refractivity contribution in [2.45, 2.75) is 69.0 Å². The highest BCUT2D eigenvalue weighted by atomic mass is 16.7. The Bertz CT molecular complexity index is 313. The summed E-state index contributed by atoms with van der Waals surface area (Å²) in [5.74, 6) is 0. The van der Waals surface area contributed by atoms with E-state index in [4.69, 9.17) is 14.6 Å². The van der Waals surface area contributed by atoms with Gasteiger partial charge in [0.25, 0.3) is 0 Å². The molecule has 1 aliphatic heterocycles. The molecule has 7 N–H and O–H groups in total. The van der Waals surface area contributed by atoms with Gasteiger partial charge in [0.15, 0.2) is 6.29 Å². The molecule has 126 valence electrons. The molecule has 0 radical (unpaired) electrons. The van der Waals surface area contributed by atoms with E-state index < -0.39 is 61.7 Å². The fourth-order valence-corrected chi connectivity index (χ4v) is 2.06. The molecule has 21 heavy (non-hydrogen) atoms. The molecule has 9 nitrogen and oxygen atoms in total. The fourth-order valence-electron chi connectivity index (χ4n) is 2.06. The Hall–Kier alpha value is -0.360. The number of rotatable bonds is 6. The zero-order chi connectivity index (χ0) is 16.3. The van der Waals surface area contributed by atoms with E-state index in [1.807, 2.05) is 0 Å². The van der Waals surface area contributed by atoms with Crippen LogP contribution in [0.2, 0.25) is 0 Å². The first-order valence-corrected chi connectivity index (χ1v) is 6.70. The lowest BCUT2D eigenvalue weighted by molar-refractivity contribution is -0.320. The highest BCUT2D eigenvalue weighted by Crippen LogP contribution is 2.24. The Balaban J connectivity index is 2.82. The zero-order valence-electron chi connectivity index (χ0n) is 11.9. The molecule has 1 heterocycles. The van der Waals surface area contributed by atoms with E-state index in [1.54, 1.807) is 0 Å². The number of aliphatic hydroxyl groups is 7. The van der Waals surface area contributed by atoms with E-state index in [1.165, 1.54) is 13.8 Å². The van der Waals surface area contributed by atoms with E-state index >= 15 is 0 Å². The Morgan fingerprint density at radius 1 is 1.05 bits per heavy atom. The van der Waals surface area contributed by atoms with Gasteiger partial charge < -0.3 is 45.2 Å². The average molecular weight is 312 g/mol. The van der Waals surface area contributed by atoms with Crippen LogP contribution in [0.25, 0.3) is 0 Å². The van der Waals surface area contributed by atoms with Crippen LogP contribution in [0.5, 0.6) is 0 Å². The molecule has 9 heteroatoms. The maximum Gasteiger partial charge on any atom is 0.187 e. The van der Waals surface area contributed by atoms with Crippen LogP contribution in [0, 0.1) is 0 Å². The predicted octanol–water partition coefficient (Wildman–Crippen LogP) is -3.71. The van der Waals surface area contributed by atoms with Gasteiger partial charge in [-0.25, -0.2) is 0 Å². The van der Waals surface area contributed by atoms with E-state index in [2.05, 4.69) is 0 Å². The normalized spacial score (nSPS) is 39.6. The molecule has 0 aliphatic carbocycles. The summed E-state index contributed by atoms with van der Waals surface area (Å²) in [5.41, 5.74) is 0. The molecule has 0 aromatic heterocycles. The average Bonchev–Trinajstić information content (AvgIpc) is 2.45. The van der Waals surface area contributed by atoms with Crippen molar-refractivity contribution in [1.29, 1.82) is 0 Å². The van der Waals surface area contributed by atoms with Crippen molar-refractivity contribution in [1.82, 2.24) is 0 Å². The summed E-state index contributed by atoms with van der Waals surface area (Å²) in [5, 5.41) is 66.8. The first kappa shape index (κ1) is 18.7. The van der Waals surface area contributed by atoms with Crippen molar-refractivity contribution in [2.24, 2.45) is 0 Å². The monoisotopic (exact) mass is 312 g/mol. The molecular weight excluding hydrogens is 288 g/mol. The Kier molecular flexibility index (Phi) is 6.91. The molecule has 0 amide bonds. The van der Waals surface area contributed by atoms with Gasteiger partial charge in [0.2, 0.25) is 0 Å². The van der Waals surface area contributed by atoms with Gasteiger partial charge in [0, 0.05) is 0 Å². The summed E-state index contributed by atoms with van der Waals surface area (Å²) in [6, 6.07) is 0. The van der Waals surface area contributed by atoms with Crippen LogP contribution in [0.1, 0.15) is 13.8 Å². The predicted molar refractivity (Wildman–Crippen MR) is 68.0 cm³/mol. The highest BCUT2D eigenvalue weighted by molar-refractivity contribution is 4.89. The van der Waals surface area contributed by atoms with E-state index in [-0.39, 0.29) is 0 Å². The minimum Gasteiger partial charge on any atom is -0.394 e. The van der Waals surface area contributed by atoms with Crippen LogP contribution in [-0.4, -0.2) is 97.5 Å². The molecule has 9 atom stereocenters. The second-order valence-electron chi connectivity index (χ2n) is 5.26. The van der Waals surface area contributed by atoms with Crippen LogP contribution >= 0.6 is 0 Å². The lowest BCUT2D eigenvalue weighted by Gasteiger charge is -2.41. The summed E-state index contributed by atoms with van der Waals surface area (Å²) in [7, 11) is 0. The second-order valence-corrected chi connectivity index (χ2v) is 5.26. The molecule has 0 spiro atoms. The summed E-state index contributed by atoms with van der Waals surface area (Å²) in [4.78, 5) is 0. The number of hydrogen-bond acceptors (Lipinski definition) is 9. The number of ether oxygens (including phenoxy) is 2. The minimum absolute atomic E-state index is 0.752. The van der Waals surface area contributed by atoms with Crippen LogP contribution in [-0.2, 0) is 9.47 Å². The fraction of sp³-hybridized carbons (Fsp3) is 1.00. The van der Waals surface area contributed by atoms with Gasteiger partial charge in [-0.05, 0) is 13.8 Å². The largest absolute Gasteiger partial charge is 0.394 e. The van der Waals surface area contributed by atoms with Crippen LogP contribution in [0.3, 0.4) is 0 Å². The van der Waals surface area contributed by atoms with Gasteiger partial charge >= 0.3 is 0 Å².